The minimum absolute atomic E-state index is 0.0587. The van der Waals surface area contributed by atoms with E-state index in [-0.39, 0.29) is 6.04 Å². The minimum atomic E-state index is 0.0587. The highest BCUT2D eigenvalue weighted by atomic mass is 79.9. The fourth-order valence-electron chi connectivity index (χ4n) is 2.48. The highest BCUT2D eigenvalue weighted by Gasteiger charge is 2.20. The summed E-state index contributed by atoms with van der Waals surface area (Å²) in [5, 5.41) is 3.34. The summed E-state index contributed by atoms with van der Waals surface area (Å²) in [7, 11) is 1.95. The van der Waals surface area contributed by atoms with Gasteiger partial charge >= 0.3 is 0 Å². The van der Waals surface area contributed by atoms with Gasteiger partial charge in [-0.2, -0.15) is 0 Å². The summed E-state index contributed by atoms with van der Waals surface area (Å²) in [4.78, 5) is 4.53. The predicted molar refractivity (Wildman–Crippen MR) is 86.2 cm³/mol. The van der Waals surface area contributed by atoms with Gasteiger partial charge < -0.3 is 10.1 Å². The number of nitrogens with one attached hydrogen (secondary N) is 1. The summed E-state index contributed by atoms with van der Waals surface area (Å²) in [5.74, 6) is 1.01. The molecule has 3 nitrogen and oxygen atoms in total. The van der Waals surface area contributed by atoms with Crippen molar-refractivity contribution >= 4 is 31.9 Å². The Morgan fingerprint density at radius 2 is 2.15 bits per heavy atom. The van der Waals surface area contributed by atoms with Crippen molar-refractivity contribution in [1.29, 1.82) is 0 Å². The van der Waals surface area contributed by atoms with Crippen molar-refractivity contribution < 1.29 is 4.74 Å². The zero-order valence-corrected chi connectivity index (χ0v) is 14.2. The van der Waals surface area contributed by atoms with Gasteiger partial charge in [-0.05, 0) is 62.2 Å². The lowest BCUT2D eigenvalue weighted by molar-refractivity contribution is 0.357. The fraction of sp³-hybridized carbons (Fsp3) is 0.267. The van der Waals surface area contributed by atoms with E-state index in [1.54, 1.807) is 0 Å². The number of ether oxygens (including phenoxy) is 1. The van der Waals surface area contributed by atoms with E-state index in [1.807, 2.05) is 19.3 Å². The number of fused-ring (bicyclic) bond motifs is 1. The molecule has 0 aliphatic carbocycles. The molecule has 1 aliphatic rings. The summed E-state index contributed by atoms with van der Waals surface area (Å²) in [6.45, 7) is 0.781. The molecule has 2 aromatic rings. The SMILES string of the molecule is CNC(c1ccc2c(c1)CCO2)c1ncc(Br)cc1Br. The second-order valence-electron chi connectivity index (χ2n) is 4.71. The first-order chi connectivity index (χ1) is 9.69. The number of hydrogen-bond donors (Lipinski definition) is 1. The number of benzene rings is 1. The average Bonchev–Trinajstić information content (AvgIpc) is 2.89. The molecule has 1 aromatic carbocycles. The van der Waals surface area contributed by atoms with Crippen molar-refractivity contribution in [3.8, 4) is 5.75 Å². The maximum atomic E-state index is 5.56. The molecule has 2 heterocycles. The molecule has 1 unspecified atom stereocenters. The molecule has 5 heteroatoms. The van der Waals surface area contributed by atoms with E-state index in [0.717, 1.165) is 33.4 Å². The van der Waals surface area contributed by atoms with E-state index in [0.29, 0.717) is 0 Å². The van der Waals surface area contributed by atoms with Crippen molar-refractivity contribution in [2.24, 2.45) is 0 Å². The molecule has 1 N–H and O–H groups in total. The van der Waals surface area contributed by atoms with Gasteiger partial charge in [0.25, 0.3) is 0 Å². The Kier molecular flexibility index (Phi) is 4.10. The second-order valence-corrected chi connectivity index (χ2v) is 6.48. The average molecular weight is 398 g/mol. The highest BCUT2D eigenvalue weighted by Crippen LogP contribution is 2.32. The number of nitrogens with zero attached hydrogens (tertiary/aromatic N) is 1. The molecule has 0 fully saturated rings. The molecule has 104 valence electrons. The van der Waals surface area contributed by atoms with Crippen LogP contribution in [0.15, 0.2) is 39.4 Å². The summed E-state index contributed by atoms with van der Waals surface area (Å²) < 4.78 is 7.51. The van der Waals surface area contributed by atoms with E-state index in [1.165, 1.54) is 11.1 Å². The van der Waals surface area contributed by atoms with Gasteiger partial charge in [0.15, 0.2) is 0 Å². The number of rotatable bonds is 3. The van der Waals surface area contributed by atoms with Gasteiger partial charge in [-0.15, -0.1) is 0 Å². The number of aromatic nitrogens is 1. The van der Waals surface area contributed by atoms with Gasteiger partial charge in [-0.3, -0.25) is 4.98 Å². The third kappa shape index (κ3) is 2.62. The van der Waals surface area contributed by atoms with Crippen LogP contribution in [-0.4, -0.2) is 18.6 Å². The molecule has 0 radical (unpaired) electrons. The Balaban J connectivity index is 2.01. The number of halogens is 2. The first-order valence-electron chi connectivity index (χ1n) is 6.43. The van der Waals surface area contributed by atoms with Crippen LogP contribution >= 0.6 is 31.9 Å². The van der Waals surface area contributed by atoms with E-state index in [2.05, 4.69) is 60.4 Å². The van der Waals surface area contributed by atoms with Gasteiger partial charge in [0, 0.05) is 21.6 Å². The Morgan fingerprint density at radius 1 is 1.30 bits per heavy atom. The molecule has 1 aliphatic heterocycles. The highest BCUT2D eigenvalue weighted by molar-refractivity contribution is 9.11. The van der Waals surface area contributed by atoms with Crippen LogP contribution in [0.5, 0.6) is 5.75 Å². The van der Waals surface area contributed by atoms with Crippen LogP contribution in [0.4, 0.5) is 0 Å². The molecule has 3 rings (SSSR count). The van der Waals surface area contributed by atoms with Gasteiger partial charge in [-0.25, -0.2) is 0 Å². The zero-order valence-electron chi connectivity index (χ0n) is 11.0. The zero-order chi connectivity index (χ0) is 14.1. The molecule has 1 aromatic heterocycles. The molecule has 1 atom stereocenters. The minimum Gasteiger partial charge on any atom is -0.493 e. The third-order valence-corrected chi connectivity index (χ3v) is 4.51. The van der Waals surface area contributed by atoms with Crippen LogP contribution in [0.25, 0.3) is 0 Å². The maximum absolute atomic E-state index is 5.56. The molecule has 0 saturated carbocycles. The lowest BCUT2D eigenvalue weighted by Gasteiger charge is -2.18. The molecule has 0 spiro atoms. The van der Waals surface area contributed by atoms with Crippen molar-refractivity contribution in [1.82, 2.24) is 10.3 Å². The molecule has 0 bridgehead atoms. The predicted octanol–water partition coefficient (Wildman–Crippen LogP) is 3.85. The maximum Gasteiger partial charge on any atom is 0.122 e. The van der Waals surface area contributed by atoms with Crippen molar-refractivity contribution in [2.75, 3.05) is 13.7 Å². The van der Waals surface area contributed by atoms with Gasteiger partial charge in [0.1, 0.15) is 5.75 Å². The Morgan fingerprint density at radius 3 is 2.90 bits per heavy atom. The van der Waals surface area contributed by atoms with Crippen LogP contribution in [-0.2, 0) is 6.42 Å². The Labute approximate surface area is 135 Å². The topological polar surface area (TPSA) is 34.1 Å². The molecule has 20 heavy (non-hydrogen) atoms. The lowest BCUT2D eigenvalue weighted by Crippen LogP contribution is -2.19. The van der Waals surface area contributed by atoms with E-state index in [4.69, 9.17) is 4.74 Å². The Hall–Kier alpha value is -0.910. The van der Waals surface area contributed by atoms with Gasteiger partial charge in [0.2, 0.25) is 0 Å². The van der Waals surface area contributed by atoms with Crippen molar-refractivity contribution in [2.45, 2.75) is 12.5 Å². The number of pyridine rings is 1. The summed E-state index contributed by atoms with van der Waals surface area (Å²) >= 11 is 7.03. The Bertz CT molecular complexity index is 646. The first-order valence-corrected chi connectivity index (χ1v) is 8.01. The van der Waals surface area contributed by atoms with Crippen LogP contribution in [0.2, 0.25) is 0 Å². The van der Waals surface area contributed by atoms with Gasteiger partial charge in [-0.1, -0.05) is 12.1 Å². The molecule has 0 saturated heterocycles. The normalized spacial score (nSPS) is 14.8. The van der Waals surface area contributed by atoms with Crippen molar-refractivity contribution in [3.63, 3.8) is 0 Å². The van der Waals surface area contributed by atoms with E-state index >= 15 is 0 Å². The summed E-state index contributed by atoms with van der Waals surface area (Å²) in [6, 6.07) is 8.43. The largest absolute Gasteiger partial charge is 0.493 e. The monoisotopic (exact) mass is 396 g/mol. The van der Waals surface area contributed by atoms with Crippen LogP contribution in [0, 0.1) is 0 Å². The molecule has 0 amide bonds. The third-order valence-electron chi connectivity index (χ3n) is 3.45. The van der Waals surface area contributed by atoms with E-state index < -0.39 is 0 Å². The van der Waals surface area contributed by atoms with Crippen LogP contribution < -0.4 is 10.1 Å². The number of hydrogen-bond acceptors (Lipinski definition) is 3. The molecular formula is C15H14Br2N2O. The second kappa shape index (κ2) is 5.84. The van der Waals surface area contributed by atoms with Gasteiger partial charge in [0.05, 0.1) is 18.3 Å². The quantitative estimate of drug-likeness (QED) is 0.853. The van der Waals surface area contributed by atoms with Crippen LogP contribution in [0.1, 0.15) is 22.9 Å². The first kappa shape index (κ1) is 14.0. The standard InChI is InChI=1S/C15H14Br2N2O/c1-18-14(15-12(17)7-11(16)8-19-15)10-2-3-13-9(6-10)4-5-20-13/h2-3,6-8,14,18H,4-5H2,1H3. The lowest BCUT2D eigenvalue weighted by atomic mass is 10.00. The fourth-order valence-corrected chi connectivity index (χ4v) is 3.70. The van der Waals surface area contributed by atoms with Crippen LogP contribution in [0.3, 0.4) is 0 Å². The van der Waals surface area contributed by atoms with E-state index in [9.17, 15) is 0 Å². The van der Waals surface area contributed by atoms with Crippen molar-refractivity contribution in [3.05, 3.63) is 56.2 Å². The molecular weight excluding hydrogens is 384 g/mol. The summed E-state index contributed by atoms with van der Waals surface area (Å²) in [6.07, 6.45) is 2.80. The smallest absolute Gasteiger partial charge is 0.122 e. The summed E-state index contributed by atoms with van der Waals surface area (Å²) in [5.41, 5.74) is 3.46.